The monoisotopic (exact) mass is 297 g/mol. The molecule has 0 aliphatic rings. The molecule has 0 saturated carbocycles. The molecule has 4 N–H and O–H groups in total. The molecule has 0 aliphatic heterocycles. The van der Waals surface area contributed by atoms with E-state index < -0.39 is 22.4 Å². The minimum Gasteiger partial charge on any atom is -0.395 e. The Morgan fingerprint density at radius 1 is 1.00 bits per heavy atom. The van der Waals surface area contributed by atoms with Crippen LogP contribution in [0.4, 0.5) is 5.69 Å². The predicted octanol–water partition coefficient (Wildman–Crippen LogP) is -0.961. The maximum absolute atomic E-state index is 11.8. The van der Waals surface area contributed by atoms with Crippen LogP contribution in [0.5, 0.6) is 0 Å². The standard InChI is InChI=1S/C12H15N3O6/c16-3-1-13-11(18)8-5-9(12(19)14-2-4-17)7-10(6-8)15(20)21/h5-7,16-17H,1-4H2,(H,13,18)(H,14,19). The third kappa shape index (κ3) is 4.82. The van der Waals surface area contributed by atoms with Crippen molar-refractivity contribution in [2.24, 2.45) is 0 Å². The van der Waals surface area contributed by atoms with Gasteiger partial charge >= 0.3 is 0 Å². The first kappa shape index (κ1) is 16.5. The second-order valence-corrected chi connectivity index (χ2v) is 3.98. The summed E-state index contributed by atoms with van der Waals surface area (Å²) in [6.45, 7) is -0.559. The molecule has 1 aromatic rings. The third-order valence-corrected chi connectivity index (χ3v) is 2.45. The van der Waals surface area contributed by atoms with E-state index in [9.17, 15) is 19.7 Å². The van der Waals surface area contributed by atoms with Crippen LogP contribution < -0.4 is 10.6 Å². The van der Waals surface area contributed by atoms with Gasteiger partial charge < -0.3 is 20.8 Å². The van der Waals surface area contributed by atoms with Crippen LogP contribution in [0.3, 0.4) is 0 Å². The number of aliphatic hydroxyl groups excluding tert-OH is 2. The van der Waals surface area contributed by atoms with Crippen LogP contribution in [0.2, 0.25) is 0 Å². The lowest BCUT2D eigenvalue weighted by atomic mass is 10.1. The largest absolute Gasteiger partial charge is 0.395 e. The normalized spacial score (nSPS) is 10.0. The number of rotatable bonds is 7. The first-order valence-corrected chi connectivity index (χ1v) is 6.07. The van der Waals surface area contributed by atoms with E-state index in [1.54, 1.807) is 0 Å². The van der Waals surface area contributed by atoms with Crippen molar-refractivity contribution in [2.75, 3.05) is 26.3 Å². The minimum absolute atomic E-state index is 0.00638. The average molecular weight is 297 g/mol. The molecule has 9 nitrogen and oxygen atoms in total. The van der Waals surface area contributed by atoms with Crippen molar-refractivity contribution >= 4 is 17.5 Å². The number of nitro benzene ring substituents is 1. The molecule has 114 valence electrons. The first-order valence-electron chi connectivity index (χ1n) is 6.07. The molecule has 0 fully saturated rings. The molecule has 0 heterocycles. The first-order chi connectivity index (χ1) is 9.99. The lowest BCUT2D eigenvalue weighted by Gasteiger charge is -2.07. The topological polar surface area (TPSA) is 142 Å². The number of amides is 2. The molecule has 0 radical (unpaired) electrons. The van der Waals surface area contributed by atoms with Gasteiger partial charge in [0.15, 0.2) is 0 Å². The Labute approximate surface area is 119 Å². The van der Waals surface area contributed by atoms with Crippen LogP contribution in [0.1, 0.15) is 20.7 Å². The number of hydrogen-bond donors (Lipinski definition) is 4. The molecule has 0 saturated heterocycles. The SMILES string of the molecule is O=C(NCCO)c1cc(C(=O)NCCO)cc([N+](=O)[O-])c1. The van der Waals surface area contributed by atoms with Gasteiger partial charge in [-0.3, -0.25) is 19.7 Å². The Morgan fingerprint density at radius 2 is 1.43 bits per heavy atom. The molecule has 0 unspecified atom stereocenters. The van der Waals surface area contributed by atoms with Gasteiger partial charge in [-0.1, -0.05) is 0 Å². The summed E-state index contributed by atoms with van der Waals surface area (Å²) in [5.41, 5.74) is -0.528. The lowest BCUT2D eigenvalue weighted by molar-refractivity contribution is -0.384. The molecule has 1 aromatic carbocycles. The molecule has 0 aliphatic carbocycles. The van der Waals surface area contributed by atoms with Crippen LogP contribution in [0, 0.1) is 10.1 Å². The molecule has 0 spiro atoms. The Balaban J connectivity index is 3.08. The Kier molecular flexibility index (Phi) is 6.24. The van der Waals surface area contributed by atoms with Crippen LogP contribution in [0.25, 0.3) is 0 Å². The molecule has 9 heteroatoms. The Hall–Kier alpha value is -2.52. The summed E-state index contributed by atoms with van der Waals surface area (Å²) in [7, 11) is 0. The molecule has 1 rings (SSSR count). The van der Waals surface area contributed by atoms with Crippen molar-refractivity contribution < 1.29 is 24.7 Å². The highest BCUT2D eigenvalue weighted by atomic mass is 16.6. The summed E-state index contributed by atoms with van der Waals surface area (Å²) in [6.07, 6.45) is 0. The van der Waals surface area contributed by atoms with Crippen LogP contribution in [-0.4, -0.2) is 53.3 Å². The number of hydrogen-bond acceptors (Lipinski definition) is 6. The van der Waals surface area contributed by atoms with E-state index in [-0.39, 0.29) is 37.4 Å². The fourth-order valence-corrected chi connectivity index (χ4v) is 1.52. The second kappa shape index (κ2) is 7.92. The van der Waals surface area contributed by atoms with Gasteiger partial charge in [0.05, 0.1) is 18.1 Å². The van der Waals surface area contributed by atoms with Gasteiger partial charge in [0, 0.05) is 36.3 Å². The zero-order valence-corrected chi connectivity index (χ0v) is 11.0. The van der Waals surface area contributed by atoms with Crippen molar-refractivity contribution in [2.45, 2.75) is 0 Å². The van der Waals surface area contributed by atoms with Gasteiger partial charge in [-0.05, 0) is 6.07 Å². The van der Waals surface area contributed by atoms with E-state index in [2.05, 4.69) is 10.6 Å². The molecular weight excluding hydrogens is 282 g/mol. The summed E-state index contributed by atoms with van der Waals surface area (Å²) >= 11 is 0. The van der Waals surface area contributed by atoms with Gasteiger partial charge in [0.1, 0.15) is 0 Å². The van der Waals surface area contributed by atoms with E-state index >= 15 is 0 Å². The maximum atomic E-state index is 11.8. The number of benzene rings is 1. The zero-order chi connectivity index (χ0) is 15.8. The van der Waals surface area contributed by atoms with Crippen LogP contribution in [0.15, 0.2) is 18.2 Å². The summed E-state index contributed by atoms with van der Waals surface area (Å²) < 4.78 is 0. The van der Waals surface area contributed by atoms with Gasteiger partial charge in [-0.25, -0.2) is 0 Å². The number of aliphatic hydroxyl groups is 2. The van der Waals surface area contributed by atoms with E-state index in [1.807, 2.05) is 0 Å². The molecule has 0 atom stereocenters. The maximum Gasteiger partial charge on any atom is 0.271 e. The Morgan fingerprint density at radius 3 is 1.76 bits per heavy atom. The number of nitrogens with one attached hydrogen (secondary N) is 2. The highest BCUT2D eigenvalue weighted by molar-refractivity contribution is 6.00. The summed E-state index contributed by atoms with van der Waals surface area (Å²) in [6, 6.07) is 3.28. The predicted molar refractivity (Wildman–Crippen MR) is 71.9 cm³/mol. The number of carbonyl (C=O) groups is 2. The third-order valence-electron chi connectivity index (χ3n) is 2.45. The Bertz CT molecular complexity index is 508. The summed E-state index contributed by atoms with van der Waals surface area (Å²) in [4.78, 5) is 33.6. The van der Waals surface area contributed by atoms with E-state index in [0.29, 0.717) is 0 Å². The molecule has 0 aromatic heterocycles. The number of non-ortho nitro benzene ring substituents is 1. The number of carbonyl (C=O) groups excluding carboxylic acids is 2. The molecule has 21 heavy (non-hydrogen) atoms. The van der Waals surface area contributed by atoms with Gasteiger partial charge in [0.2, 0.25) is 0 Å². The summed E-state index contributed by atoms with van der Waals surface area (Å²) in [5, 5.41) is 32.8. The van der Waals surface area contributed by atoms with Crippen LogP contribution in [-0.2, 0) is 0 Å². The van der Waals surface area contributed by atoms with E-state index in [1.165, 1.54) is 6.07 Å². The molecule has 2 amide bonds. The van der Waals surface area contributed by atoms with Gasteiger partial charge in [0.25, 0.3) is 17.5 Å². The van der Waals surface area contributed by atoms with Crippen molar-refractivity contribution in [3.05, 3.63) is 39.4 Å². The summed E-state index contributed by atoms with van der Waals surface area (Å²) in [5.74, 6) is -1.27. The highest BCUT2D eigenvalue weighted by Gasteiger charge is 2.17. The zero-order valence-electron chi connectivity index (χ0n) is 11.0. The number of nitro groups is 1. The molecular formula is C12H15N3O6. The van der Waals surface area contributed by atoms with E-state index in [0.717, 1.165) is 12.1 Å². The minimum atomic E-state index is -0.717. The number of nitrogens with zero attached hydrogens (tertiary/aromatic N) is 1. The lowest BCUT2D eigenvalue weighted by Crippen LogP contribution is -2.28. The smallest absolute Gasteiger partial charge is 0.271 e. The highest BCUT2D eigenvalue weighted by Crippen LogP contribution is 2.17. The van der Waals surface area contributed by atoms with Crippen LogP contribution >= 0.6 is 0 Å². The quantitative estimate of drug-likeness (QED) is 0.377. The van der Waals surface area contributed by atoms with Gasteiger partial charge in [-0.15, -0.1) is 0 Å². The van der Waals surface area contributed by atoms with Crippen molar-refractivity contribution in [1.29, 1.82) is 0 Å². The van der Waals surface area contributed by atoms with Crippen molar-refractivity contribution in [3.8, 4) is 0 Å². The average Bonchev–Trinajstić information content (AvgIpc) is 2.49. The van der Waals surface area contributed by atoms with E-state index in [4.69, 9.17) is 10.2 Å². The van der Waals surface area contributed by atoms with Crippen molar-refractivity contribution in [1.82, 2.24) is 10.6 Å². The van der Waals surface area contributed by atoms with Crippen molar-refractivity contribution in [3.63, 3.8) is 0 Å². The second-order valence-electron chi connectivity index (χ2n) is 3.98. The molecule has 0 bridgehead atoms. The fourth-order valence-electron chi connectivity index (χ4n) is 1.52. The van der Waals surface area contributed by atoms with Gasteiger partial charge in [-0.2, -0.15) is 0 Å². The fraction of sp³-hybridized carbons (Fsp3) is 0.333.